The Kier molecular flexibility index (Phi) is 14.3. The van der Waals surface area contributed by atoms with Gasteiger partial charge in [0.1, 0.15) is 48.1 Å². The number of nitrogens with zero attached hydrogens (tertiary/aromatic N) is 2. The molecular weight excluding hydrogens is 859 g/mol. The van der Waals surface area contributed by atoms with Crippen molar-refractivity contribution in [2.75, 3.05) is 26.9 Å². The van der Waals surface area contributed by atoms with Crippen LogP contribution in [0.4, 0.5) is 0 Å². The fourth-order valence-corrected chi connectivity index (χ4v) is 9.82. The van der Waals surface area contributed by atoms with Crippen LogP contribution in [0.3, 0.4) is 0 Å². The van der Waals surface area contributed by atoms with Gasteiger partial charge < -0.3 is 44.1 Å². The molecular formula is C52H59N3O12. The van der Waals surface area contributed by atoms with Crippen molar-refractivity contribution in [3.8, 4) is 0 Å². The lowest BCUT2D eigenvalue weighted by Crippen LogP contribution is -2.70. The maximum Gasteiger partial charge on any atom is 0.327 e. The van der Waals surface area contributed by atoms with Gasteiger partial charge in [-0.1, -0.05) is 115 Å². The van der Waals surface area contributed by atoms with E-state index in [2.05, 4.69) is 5.32 Å². The Morgan fingerprint density at radius 3 is 2.16 bits per heavy atom. The van der Waals surface area contributed by atoms with Gasteiger partial charge in [0.05, 0.1) is 32.1 Å². The van der Waals surface area contributed by atoms with Crippen molar-refractivity contribution in [2.45, 2.75) is 107 Å². The zero-order valence-corrected chi connectivity index (χ0v) is 38.2. The summed E-state index contributed by atoms with van der Waals surface area (Å²) >= 11 is 0. The molecule has 15 nitrogen and oxygen atoms in total. The number of likely N-dealkylation sites (N-methyl/N-ethyl adjacent to an activating group) is 1. The van der Waals surface area contributed by atoms with E-state index < -0.39 is 89.7 Å². The van der Waals surface area contributed by atoms with Gasteiger partial charge in [0.25, 0.3) is 0 Å². The van der Waals surface area contributed by atoms with Crippen LogP contribution in [0, 0.1) is 5.41 Å². The number of hydrogen-bond donors (Lipinski definition) is 3. The zero-order valence-electron chi connectivity index (χ0n) is 38.2. The first kappa shape index (κ1) is 47.5. The summed E-state index contributed by atoms with van der Waals surface area (Å²) in [5, 5.41) is 24.1. The second kappa shape index (κ2) is 20.1. The SMILES string of the molecule is CN(C(=O)[C@@]12C[C@H]3OC(=O)[C@@H]1N(Cc1ccccc1C=COCCO)O[C@@H]2[C@H]1OC(c2ccccc2)(c2ccccc2)O[C@H]13)[C@H](Cc1ccccc1)C(=O)N[C@H](CO)CCC(=O)OC(C)(C)C. The third-order valence-corrected chi connectivity index (χ3v) is 12.8. The molecule has 2 amide bonds. The van der Waals surface area contributed by atoms with Crippen LogP contribution in [0.2, 0.25) is 0 Å². The predicted octanol–water partition coefficient (Wildman–Crippen LogP) is 4.82. The number of hydrogen-bond acceptors (Lipinski definition) is 13. The minimum atomic E-state index is -1.67. The van der Waals surface area contributed by atoms with Gasteiger partial charge in [0.15, 0.2) is 6.04 Å². The molecule has 67 heavy (non-hydrogen) atoms. The Morgan fingerprint density at radius 1 is 0.896 bits per heavy atom. The van der Waals surface area contributed by atoms with Gasteiger partial charge in [-0.3, -0.25) is 24.0 Å². The highest BCUT2D eigenvalue weighted by Crippen LogP contribution is 2.60. The molecule has 4 aromatic rings. The highest BCUT2D eigenvalue weighted by atomic mass is 16.8. The molecule has 4 aliphatic rings. The number of aliphatic hydroxyl groups is 2. The second-order valence-electron chi connectivity index (χ2n) is 18.5. The van der Waals surface area contributed by atoms with E-state index in [0.717, 1.165) is 16.7 Å². The van der Waals surface area contributed by atoms with Crippen molar-refractivity contribution in [3.05, 3.63) is 149 Å². The summed E-state index contributed by atoms with van der Waals surface area (Å²) in [4.78, 5) is 66.5. The van der Waals surface area contributed by atoms with E-state index in [9.17, 15) is 24.6 Å². The summed E-state index contributed by atoms with van der Waals surface area (Å²) in [6.07, 6.45) is -0.582. The summed E-state index contributed by atoms with van der Waals surface area (Å²) in [6, 6.07) is 32.3. The Balaban J connectivity index is 1.19. The van der Waals surface area contributed by atoms with Gasteiger partial charge in [-0.2, -0.15) is 5.06 Å². The van der Waals surface area contributed by atoms with E-state index in [1.165, 1.54) is 16.2 Å². The van der Waals surface area contributed by atoms with E-state index in [4.69, 9.17) is 28.5 Å². The number of rotatable bonds is 18. The molecule has 0 radical (unpaired) electrons. The normalized spacial score (nSPS) is 24.9. The quantitative estimate of drug-likeness (QED) is 0.0703. The third kappa shape index (κ3) is 9.76. The zero-order chi connectivity index (χ0) is 47.3. The Bertz CT molecular complexity index is 2360. The molecule has 4 aromatic carbocycles. The van der Waals surface area contributed by atoms with E-state index in [-0.39, 0.29) is 45.4 Å². The van der Waals surface area contributed by atoms with Crippen LogP contribution < -0.4 is 5.32 Å². The van der Waals surface area contributed by atoms with Crippen LogP contribution in [-0.2, 0) is 66.5 Å². The number of esters is 2. The van der Waals surface area contributed by atoms with Crippen LogP contribution in [-0.4, -0.2) is 119 Å². The number of benzene rings is 4. The first-order valence-corrected chi connectivity index (χ1v) is 22.8. The van der Waals surface area contributed by atoms with Crippen molar-refractivity contribution in [1.82, 2.24) is 15.3 Å². The van der Waals surface area contributed by atoms with Gasteiger partial charge in [0.2, 0.25) is 17.6 Å². The summed E-state index contributed by atoms with van der Waals surface area (Å²) in [5.74, 6) is -3.75. The fourth-order valence-electron chi connectivity index (χ4n) is 9.82. The standard InChI is InChI=1S/C52H59N3O12/c1-50(2,3)64-42(58)25-24-39(33-57)53-47(59)40(30-34-16-8-5-9-17-34)54(4)49(61)51-31-41-43-44(66-52(65-43,37-20-10-6-11-21-37)38-22-12-7-13-23-38)46(51)67-55(45(51)48(60)63-41)32-36-19-15-14-18-35(36)26-28-62-29-27-56/h5-23,26,28,39-41,43-46,56-57H,24-25,27,29-33H2,1-4H3,(H,53,59)/t39-,40+,41+,43-,44-,45-,46+,51-/m0/s1. The van der Waals surface area contributed by atoms with Gasteiger partial charge in [0, 0.05) is 37.4 Å². The van der Waals surface area contributed by atoms with Crippen LogP contribution >= 0.6 is 0 Å². The third-order valence-electron chi connectivity index (χ3n) is 12.8. The second-order valence-corrected chi connectivity index (χ2v) is 18.5. The largest absolute Gasteiger partial charge is 0.499 e. The number of aliphatic hydroxyl groups excluding tert-OH is 2. The molecule has 3 N–H and O–H groups in total. The molecule has 4 fully saturated rings. The lowest BCUT2D eigenvalue weighted by atomic mass is 9.62. The van der Waals surface area contributed by atoms with E-state index >= 15 is 4.79 Å². The predicted molar refractivity (Wildman–Crippen MR) is 244 cm³/mol. The van der Waals surface area contributed by atoms with Gasteiger partial charge in [-0.05, 0) is 50.0 Å². The molecule has 0 aromatic heterocycles. The molecule has 3 saturated heterocycles. The Hall–Kier alpha value is -5.94. The molecule has 3 heterocycles. The molecule has 8 rings (SSSR count). The van der Waals surface area contributed by atoms with Gasteiger partial charge in [-0.25, -0.2) is 0 Å². The van der Waals surface area contributed by atoms with Crippen molar-refractivity contribution in [2.24, 2.45) is 5.41 Å². The number of ether oxygens (including phenoxy) is 5. The Labute approximate surface area is 390 Å². The first-order chi connectivity index (χ1) is 32.3. The average molecular weight is 918 g/mol. The highest BCUT2D eigenvalue weighted by molar-refractivity contribution is 5.96. The molecule has 1 aliphatic carbocycles. The van der Waals surface area contributed by atoms with Crippen LogP contribution in [0.15, 0.2) is 122 Å². The fraction of sp³-hybridized carbons (Fsp3) is 0.423. The maximum absolute atomic E-state index is 16.0. The number of nitrogens with one attached hydrogen (secondary N) is 1. The molecule has 8 atom stereocenters. The molecule has 3 aliphatic heterocycles. The van der Waals surface area contributed by atoms with Crippen molar-refractivity contribution >= 4 is 29.8 Å². The monoisotopic (exact) mass is 917 g/mol. The topological polar surface area (TPSA) is 183 Å². The van der Waals surface area contributed by atoms with E-state index in [1.54, 1.807) is 33.9 Å². The molecule has 15 heteroatoms. The molecule has 0 spiro atoms. The highest BCUT2D eigenvalue weighted by Gasteiger charge is 2.77. The number of fused-ring (bicyclic) bond motifs is 4. The van der Waals surface area contributed by atoms with Gasteiger partial charge >= 0.3 is 11.9 Å². The van der Waals surface area contributed by atoms with Crippen molar-refractivity contribution in [3.63, 3.8) is 0 Å². The summed E-state index contributed by atoms with van der Waals surface area (Å²) < 4.78 is 31.4. The Morgan fingerprint density at radius 2 is 1.52 bits per heavy atom. The summed E-state index contributed by atoms with van der Waals surface area (Å²) in [5.41, 5.74) is 1.24. The van der Waals surface area contributed by atoms with Crippen LogP contribution in [0.5, 0.6) is 0 Å². The average Bonchev–Trinajstić information content (AvgIpc) is 3.91. The molecule has 2 bridgehead atoms. The van der Waals surface area contributed by atoms with Crippen molar-refractivity contribution < 1.29 is 57.9 Å². The number of carbonyl (C=O) groups is 4. The smallest absolute Gasteiger partial charge is 0.327 e. The number of carbonyl (C=O) groups excluding carboxylic acids is 4. The number of hydroxylamine groups is 2. The van der Waals surface area contributed by atoms with Crippen LogP contribution in [0.25, 0.3) is 6.08 Å². The van der Waals surface area contributed by atoms with Gasteiger partial charge in [-0.15, -0.1) is 0 Å². The molecule has 354 valence electrons. The lowest BCUT2D eigenvalue weighted by Gasteiger charge is -2.50. The van der Waals surface area contributed by atoms with E-state index in [1.807, 2.05) is 115 Å². The minimum absolute atomic E-state index is 0.0106. The van der Waals surface area contributed by atoms with Crippen LogP contribution in [0.1, 0.15) is 67.9 Å². The summed E-state index contributed by atoms with van der Waals surface area (Å²) in [7, 11) is 1.54. The summed E-state index contributed by atoms with van der Waals surface area (Å²) in [6.45, 7) is 4.80. The maximum atomic E-state index is 16.0. The minimum Gasteiger partial charge on any atom is -0.499 e. The van der Waals surface area contributed by atoms with E-state index in [0.29, 0.717) is 11.1 Å². The molecule has 0 unspecified atom stereocenters. The first-order valence-electron chi connectivity index (χ1n) is 22.8. The number of amides is 2. The van der Waals surface area contributed by atoms with Crippen molar-refractivity contribution in [1.29, 1.82) is 0 Å². The molecule has 1 saturated carbocycles. The lowest BCUT2D eigenvalue weighted by molar-refractivity contribution is -0.214.